The molecular formula is C9H9O. The summed E-state index contributed by atoms with van der Waals surface area (Å²) >= 11 is 0. The Balaban J connectivity index is 2.59. The van der Waals surface area contributed by atoms with Gasteiger partial charge in [0.1, 0.15) is 6.26 Å². The van der Waals surface area contributed by atoms with E-state index < -0.39 is 0 Å². The molecule has 0 saturated carbocycles. The summed E-state index contributed by atoms with van der Waals surface area (Å²) < 4.78 is 0. The zero-order chi connectivity index (χ0) is 7.23. The van der Waals surface area contributed by atoms with Crippen LogP contribution in [-0.2, 0) is 11.5 Å². The molecule has 1 nitrogen and oxygen atoms in total. The molecule has 1 aromatic rings. The van der Waals surface area contributed by atoms with E-state index in [1.807, 2.05) is 30.3 Å². The van der Waals surface area contributed by atoms with Crippen LogP contribution in [0.3, 0.4) is 0 Å². The Hall–Kier alpha value is -1.24. The molecule has 1 heteroatoms. The average molecular weight is 133 g/mol. The van der Waals surface area contributed by atoms with E-state index in [4.69, 9.17) is 0 Å². The summed E-state index contributed by atoms with van der Waals surface area (Å²) in [7, 11) is 0. The Kier molecular flexibility index (Phi) is 2.56. The molecule has 0 N–H and O–H groups in total. The van der Waals surface area contributed by atoms with Gasteiger partial charge >= 0.3 is 0 Å². The van der Waals surface area contributed by atoms with Gasteiger partial charge in [-0.1, -0.05) is 30.3 Å². The SMILES string of the molecule is [O]C=CCc1ccccc1. The molecule has 0 fully saturated rings. The molecule has 0 aliphatic rings. The van der Waals surface area contributed by atoms with Crippen LogP contribution in [0.1, 0.15) is 5.56 Å². The molecule has 0 atom stereocenters. The topological polar surface area (TPSA) is 19.9 Å². The van der Waals surface area contributed by atoms with Crippen molar-refractivity contribution in [2.45, 2.75) is 6.42 Å². The van der Waals surface area contributed by atoms with Crippen molar-refractivity contribution in [1.29, 1.82) is 0 Å². The molecule has 0 saturated heterocycles. The van der Waals surface area contributed by atoms with Crippen LogP contribution in [0.5, 0.6) is 0 Å². The lowest BCUT2D eigenvalue weighted by molar-refractivity contribution is 0.350. The number of benzene rings is 1. The molecule has 0 spiro atoms. The molecule has 0 unspecified atom stereocenters. The average Bonchev–Trinajstić information content (AvgIpc) is 2.03. The molecule has 1 rings (SSSR count). The summed E-state index contributed by atoms with van der Waals surface area (Å²) in [5.74, 6) is 0. The third kappa shape index (κ3) is 1.94. The normalized spacial score (nSPS) is 10.4. The predicted molar refractivity (Wildman–Crippen MR) is 40.0 cm³/mol. The zero-order valence-electron chi connectivity index (χ0n) is 5.66. The number of hydrogen-bond donors (Lipinski definition) is 0. The molecule has 0 aliphatic heterocycles. The van der Waals surface area contributed by atoms with Gasteiger partial charge in [-0.3, -0.25) is 5.11 Å². The molecule has 0 aliphatic carbocycles. The second kappa shape index (κ2) is 3.72. The maximum absolute atomic E-state index is 9.92. The van der Waals surface area contributed by atoms with Gasteiger partial charge in [-0.2, -0.15) is 0 Å². The van der Waals surface area contributed by atoms with Crippen LogP contribution in [0.2, 0.25) is 0 Å². The van der Waals surface area contributed by atoms with Crippen LogP contribution < -0.4 is 0 Å². The monoisotopic (exact) mass is 133 g/mol. The molecule has 51 valence electrons. The molecule has 1 aromatic carbocycles. The minimum Gasteiger partial charge on any atom is -0.299 e. The summed E-state index contributed by atoms with van der Waals surface area (Å²) in [5.41, 5.74) is 1.18. The minimum atomic E-state index is 0.740. The van der Waals surface area contributed by atoms with Gasteiger partial charge in [0.15, 0.2) is 0 Å². The van der Waals surface area contributed by atoms with Crippen molar-refractivity contribution in [2.24, 2.45) is 0 Å². The fourth-order valence-electron chi connectivity index (χ4n) is 0.798. The van der Waals surface area contributed by atoms with Crippen LogP contribution in [0.25, 0.3) is 0 Å². The number of rotatable bonds is 2. The smallest absolute Gasteiger partial charge is 0.139 e. The third-order valence-corrected chi connectivity index (χ3v) is 1.29. The summed E-state index contributed by atoms with van der Waals surface area (Å²) in [6.45, 7) is 0. The van der Waals surface area contributed by atoms with Gasteiger partial charge in [0.2, 0.25) is 0 Å². The predicted octanol–water partition coefficient (Wildman–Crippen LogP) is 2.17. The summed E-state index contributed by atoms with van der Waals surface area (Å²) in [6.07, 6.45) is 3.17. The first-order valence-corrected chi connectivity index (χ1v) is 3.24. The van der Waals surface area contributed by atoms with E-state index in [-0.39, 0.29) is 0 Å². The second-order valence-electron chi connectivity index (χ2n) is 2.06. The van der Waals surface area contributed by atoms with Gasteiger partial charge in [0, 0.05) is 0 Å². The summed E-state index contributed by atoms with van der Waals surface area (Å²) in [6, 6.07) is 9.90. The van der Waals surface area contributed by atoms with Crippen LogP contribution in [0, 0.1) is 0 Å². The maximum Gasteiger partial charge on any atom is 0.139 e. The molecule has 1 radical (unpaired) electrons. The Labute approximate surface area is 60.6 Å². The Morgan fingerprint density at radius 2 is 1.90 bits per heavy atom. The third-order valence-electron chi connectivity index (χ3n) is 1.29. The zero-order valence-corrected chi connectivity index (χ0v) is 5.66. The van der Waals surface area contributed by atoms with Gasteiger partial charge in [-0.25, -0.2) is 0 Å². The van der Waals surface area contributed by atoms with Crippen molar-refractivity contribution in [1.82, 2.24) is 0 Å². The molecule has 0 aromatic heterocycles. The fourth-order valence-corrected chi connectivity index (χ4v) is 0.798. The van der Waals surface area contributed by atoms with Crippen molar-refractivity contribution in [3.8, 4) is 0 Å². The fraction of sp³-hybridized carbons (Fsp3) is 0.111. The van der Waals surface area contributed by atoms with Crippen LogP contribution >= 0.6 is 0 Å². The highest BCUT2D eigenvalue weighted by Crippen LogP contribution is 1.99. The van der Waals surface area contributed by atoms with Gasteiger partial charge in [-0.05, 0) is 18.1 Å². The van der Waals surface area contributed by atoms with Crippen molar-refractivity contribution < 1.29 is 5.11 Å². The summed E-state index contributed by atoms with van der Waals surface area (Å²) in [5, 5.41) is 9.92. The van der Waals surface area contributed by atoms with E-state index in [0.29, 0.717) is 0 Å². The quantitative estimate of drug-likeness (QED) is 0.551. The first kappa shape index (κ1) is 6.87. The standard InChI is InChI=1S/C9H9O/c10-8-4-7-9-5-2-1-3-6-9/h1-6,8H,7H2. The van der Waals surface area contributed by atoms with E-state index in [2.05, 4.69) is 0 Å². The van der Waals surface area contributed by atoms with Crippen LogP contribution in [0.15, 0.2) is 42.7 Å². The highest BCUT2D eigenvalue weighted by Gasteiger charge is 1.83. The molecule has 0 bridgehead atoms. The highest BCUT2D eigenvalue weighted by molar-refractivity contribution is 5.16. The molecular weight excluding hydrogens is 124 g/mol. The second-order valence-corrected chi connectivity index (χ2v) is 2.06. The van der Waals surface area contributed by atoms with Gasteiger partial charge in [-0.15, -0.1) is 0 Å². The van der Waals surface area contributed by atoms with E-state index in [0.717, 1.165) is 12.7 Å². The van der Waals surface area contributed by atoms with Crippen LogP contribution in [0.4, 0.5) is 0 Å². The first-order chi connectivity index (χ1) is 4.93. The van der Waals surface area contributed by atoms with Crippen molar-refractivity contribution >= 4 is 0 Å². The van der Waals surface area contributed by atoms with Crippen molar-refractivity contribution in [3.63, 3.8) is 0 Å². The van der Waals surface area contributed by atoms with E-state index in [1.54, 1.807) is 6.08 Å². The molecule has 10 heavy (non-hydrogen) atoms. The number of hydrogen-bond acceptors (Lipinski definition) is 0. The highest BCUT2D eigenvalue weighted by atomic mass is 16.2. The Bertz CT molecular complexity index is 201. The van der Waals surface area contributed by atoms with Crippen molar-refractivity contribution in [3.05, 3.63) is 48.2 Å². The largest absolute Gasteiger partial charge is 0.299 e. The molecule has 0 amide bonds. The van der Waals surface area contributed by atoms with E-state index >= 15 is 0 Å². The molecule has 0 heterocycles. The van der Waals surface area contributed by atoms with Gasteiger partial charge in [0.05, 0.1) is 0 Å². The van der Waals surface area contributed by atoms with E-state index in [1.165, 1.54) is 5.56 Å². The number of allylic oxidation sites excluding steroid dienone is 1. The Morgan fingerprint density at radius 3 is 2.50 bits per heavy atom. The lowest BCUT2D eigenvalue weighted by Crippen LogP contribution is -1.77. The van der Waals surface area contributed by atoms with Gasteiger partial charge < -0.3 is 0 Å². The van der Waals surface area contributed by atoms with Crippen LogP contribution in [-0.4, -0.2) is 0 Å². The Morgan fingerprint density at radius 1 is 1.20 bits per heavy atom. The summed E-state index contributed by atoms with van der Waals surface area (Å²) in [4.78, 5) is 0. The maximum atomic E-state index is 9.92. The van der Waals surface area contributed by atoms with Crippen molar-refractivity contribution in [2.75, 3.05) is 0 Å². The first-order valence-electron chi connectivity index (χ1n) is 3.24. The minimum absolute atomic E-state index is 0.740. The lowest BCUT2D eigenvalue weighted by atomic mass is 10.2. The van der Waals surface area contributed by atoms with Gasteiger partial charge in [0.25, 0.3) is 0 Å². The lowest BCUT2D eigenvalue weighted by Gasteiger charge is -1.91. The van der Waals surface area contributed by atoms with E-state index in [9.17, 15) is 5.11 Å².